The van der Waals surface area contributed by atoms with Crippen LogP contribution in [0.4, 0.5) is 10.1 Å². The number of hydrogen-bond donors (Lipinski definition) is 3. The zero-order valence-electron chi connectivity index (χ0n) is 20.5. The quantitative estimate of drug-likeness (QED) is 0.307. The van der Waals surface area contributed by atoms with Crippen molar-refractivity contribution in [1.82, 2.24) is 40.0 Å². The van der Waals surface area contributed by atoms with E-state index in [9.17, 15) is 9.18 Å². The first-order valence-electron chi connectivity index (χ1n) is 11.8. The van der Waals surface area contributed by atoms with Crippen molar-refractivity contribution in [2.75, 3.05) is 26.0 Å². The molecule has 0 saturated heterocycles. The van der Waals surface area contributed by atoms with Crippen molar-refractivity contribution in [3.05, 3.63) is 72.9 Å². The van der Waals surface area contributed by atoms with E-state index in [0.717, 1.165) is 16.6 Å². The Morgan fingerprint density at radius 1 is 1.03 bits per heavy atom. The van der Waals surface area contributed by atoms with Crippen molar-refractivity contribution in [1.29, 1.82) is 0 Å². The SMILES string of the molecule is CN(C)CC(=O)Nc1cncc(-c2ccc3[nH]nc(-c4nc5c(-c6cccc(F)c6)ccnc5[nH]4)c3n2)c1. The second kappa shape index (κ2) is 9.45. The van der Waals surface area contributed by atoms with Crippen LogP contribution in [-0.2, 0) is 4.79 Å². The molecule has 0 fully saturated rings. The van der Waals surface area contributed by atoms with Crippen LogP contribution in [0.2, 0.25) is 0 Å². The van der Waals surface area contributed by atoms with Crippen LogP contribution < -0.4 is 5.32 Å². The molecule has 11 heteroatoms. The highest BCUT2D eigenvalue weighted by atomic mass is 19.1. The Morgan fingerprint density at radius 2 is 1.92 bits per heavy atom. The molecule has 6 aromatic rings. The number of anilines is 1. The summed E-state index contributed by atoms with van der Waals surface area (Å²) in [5.41, 5.74) is 6.45. The first-order chi connectivity index (χ1) is 18.4. The average Bonchev–Trinajstić information content (AvgIpc) is 3.52. The third kappa shape index (κ3) is 4.46. The molecule has 38 heavy (non-hydrogen) atoms. The van der Waals surface area contributed by atoms with Crippen molar-refractivity contribution < 1.29 is 9.18 Å². The van der Waals surface area contributed by atoms with Crippen molar-refractivity contribution in [2.24, 2.45) is 0 Å². The molecule has 1 amide bonds. The normalized spacial score (nSPS) is 11.5. The summed E-state index contributed by atoms with van der Waals surface area (Å²) in [6.07, 6.45) is 4.93. The van der Waals surface area contributed by atoms with Crippen LogP contribution in [0.1, 0.15) is 0 Å². The van der Waals surface area contributed by atoms with E-state index in [1.807, 2.05) is 38.4 Å². The Kier molecular flexibility index (Phi) is 5.81. The monoisotopic (exact) mass is 507 g/mol. The van der Waals surface area contributed by atoms with Gasteiger partial charge < -0.3 is 15.2 Å². The van der Waals surface area contributed by atoms with Crippen molar-refractivity contribution in [3.63, 3.8) is 0 Å². The summed E-state index contributed by atoms with van der Waals surface area (Å²) in [6, 6.07) is 13.7. The van der Waals surface area contributed by atoms with Gasteiger partial charge in [0.05, 0.1) is 29.6 Å². The van der Waals surface area contributed by atoms with Crippen molar-refractivity contribution >= 4 is 33.8 Å². The van der Waals surface area contributed by atoms with E-state index >= 15 is 0 Å². The number of amides is 1. The molecule has 0 unspecified atom stereocenters. The van der Waals surface area contributed by atoms with Gasteiger partial charge in [0, 0.05) is 23.5 Å². The van der Waals surface area contributed by atoms with Crippen LogP contribution in [-0.4, -0.2) is 66.6 Å². The van der Waals surface area contributed by atoms with Crippen LogP contribution >= 0.6 is 0 Å². The predicted molar refractivity (Wildman–Crippen MR) is 143 cm³/mol. The largest absolute Gasteiger partial charge is 0.324 e. The molecule has 0 aliphatic heterocycles. The van der Waals surface area contributed by atoms with Gasteiger partial charge in [-0.2, -0.15) is 5.10 Å². The minimum absolute atomic E-state index is 0.134. The predicted octanol–water partition coefficient (Wildman–Crippen LogP) is 4.26. The lowest BCUT2D eigenvalue weighted by Crippen LogP contribution is -2.27. The molecular weight excluding hydrogens is 485 g/mol. The number of benzene rings is 1. The third-order valence-electron chi connectivity index (χ3n) is 5.93. The maximum absolute atomic E-state index is 13.9. The van der Waals surface area contributed by atoms with Gasteiger partial charge in [-0.3, -0.25) is 14.9 Å². The van der Waals surface area contributed by atoms with Gasteiger partial charge in [0.15, 0.2) is 17.2 Å². The summed E-state index contributed by atoms with van der Waals surface area (Å²) in [4.78, 5) is 35.4. The van der Waals surface area contributed by atoms with E-state index in [2.05, 4.69) is 30.5 Å². The van der Waals surface area contributed by atoms with Crippen LogP contribution in [0.25, 0.3) is 56.1 Å². The lowest BCUT2D eigenvalue weighted by Gasteiger charge is -2.10. The summed E-state index contributed by atoms with van der Waals surface area (Å²) in [5, 5.41) is 10.3. The van der Waals surface area contributed by atoms with Crippen LogP contribution in [0.5, 0.6) is 0 Å². The minimum Gasteiger partial charge on any atom is -0.324 e. The van der Waals surface area contributed by atoms with Crippen molar-refractivity contribution in [2.45, 2.75) is 0 Å². The van der Waals surface area contributed by atoms with Gasteiger partial charge in [-0.25, -0.2) is 19.3 Å². The van der Waals surface area contributed by atoms with Gasteiger partial charge in [0.2, 0.25) is 5.91 Å². The van der Waals surface area contributed by atoms with E-state index in [1.165, 1.54) is 12.1 Å². The summed E-state index contributed by atoms with van der Waals surface area (Å²) in [5.74, 6) is 0.0229. The smallest absolute Gasteiger partial charge is 0.238 e. The minimum atomic E-state index is -0.325. The second-order valence-corrected chi connectivity index (χ2v) is 9.06. The first-order valence-corrected chi connectivity index (χ1v) is 11.8. The molecule has 0 aliphatic rings. The topological polar surface area (TPSA) is 128 Å². The van der Waals surface area contributed by atoms with Gasteiger partial charge in [-0.1, -0.05) is 12.1 Å². The van der Waals surface area contributed by atoms with Gasteiger partial charge in [-0.15, -0.1) is 0 Å². The Morgan fingerprint density at radius 3 is 2.76 bits per heavy atom. The van der Waals surface area contributed by atoms with Crippen LogP contribution in [0.3, 0.4) is 0 Å². The number of carbonyl (C=O) groups excluding carboxylic acids is 1. The lowest BCUT2D eigenvalue weighted by molar-refractivity contribution is -0.116. The van der Waals surface area contributed by atoms with E-state index in [4.69, 9.17) is 9.97 Å². The molecule has 5 aromatic heterocycles. The van der Waals surface area contributed by atoms with Gasteiger partial charge >= 0.3 is 0 Å². The summed E-state index contributed by atoms with van der Waals surface area (Å²) < 4.78 is 13.9. The number of likely N-dealkylation sites (N-methyl/N-ethyl adjacent to an activating group) is 1. The van der Waals surface area contributed by atoms with Crippen LogP contribution in [0, 0.1) is 5.82 Å². The highest BCUT2D eigenvalue weighted by molar-refractivity contribution is 5.95. The van der Waals surface area contributed by atoms with E-state index in [0.29, 0.717) is 45.1 Å². The van der Waals surface area contributed by atoms with Gasteiger partial charge in [-0.05, 0) is 56.1 Å². The second-order valence-electron chi connectivity index (χ2n) is 9.06. The molecule has 188 valence electrons. The standard InChI is InChI=1S/C27H22FN9O/c1-37(2)14-22(38)31-18-11-16(12-29-13-18)20-6-7-21-24(32-20)25(36-35-21)27-33-23-19(8-9-30-26(23)34-27)15-4-3-5-17(28)10-15/h3-13H,14H2,1-2H3,(H,31,38)(H,35,36)(H,30,33,34). The Bertz CT molecular complexity index is 1810. The zero-order chi connectivity index (χ0) is 26.2. The molecule has 10 nitrogen and oxygen atoms in total. The number of pyridine rings is 3. The van der Waals surface area contributed by atoms with Crippen molar-refractivity contribution in [3.8, 4) is 33.9 Å². The maximum atomic E-state index is 13.9. The number of H-pyrrole nitrogens is 2. The highest BCUT2D eigenvalue weighted by Gasteiger charge is 2.18. The fraction of sp³-hybridized carbons (Fsp3) is 0.111. The Labute approximate surface area is 216 Å². The number of aromatic amines is 2. The first kappa shape index (κ1) is 23.4. The number of aromatic nitrogens is 7. The molecule has 0 atom stereocenters. The third-order valence-corrected chi connectivity index (χ3v) is 5.93. The number of hydrogen-bond acceptors (Lipinski definition) is 7. The fourth-order valence-electron chi connectivity index (χ4n) is 4.27. The number of imidazole rings is 1. The summed E-state index contributed by atoms with van der Waals surface area (Å²) >= 11 is 0. The van der Waals surface area contributed by atoms with E-state index in [-0.39, 0.29) is 18.3 Å². The number of nitrogens with one attached hydrogen (secondary N) is 3. The molecule has 0 saturated carbocycles. The molecule has 3 N–H and O–H groups in total. The molecule has 6 rings (SSSR count). The van der Waals surface area contributed by atoms with E-state index in [1.54, 1.807) is 35.6 Å². The molecular formula is C27H22FN9O. The average molecular weight is 508 g/mol. The molecule has 0 aliphatic carbocycles. The van der Waals surface area contributed by atoms with Gasteiger partial charge in [0.1, 0.15) is 16.9 Å². The molecule has 0 bridgehead atoms. The molecule has 0 spiro atoms. The number of rotatable bonds is 6. The molecule has 1 aromatic carbocycles. The fourth-order valence-corrected chi connectivity index (χ4v) is 4.27. The van der Waals surface area contributed by atoms with Gasteiger partial charge in [0.25, 0.3) is 0 Å². The molecule has 5 heterocycles. The number of carbonyl (C=O) groups is 1. The Balaban J connectivity index is 1.38. The maximum Gasteiger partial charge on any atom is 0.238 e. The highest BCUT2D eigenvalue weighted by Crippen LogP contribution is 2.31. The lowest BCUT2D eigenvalue weighted by atomic mass is 10.1. The van der Waals surface area contributed by atoms with Crippen LogP contribution in [0.15, 0.2) is 67.1 Å². The van der Waals surface area contributed by atoms with E-state index < -0.39 is 0 Å². The summed E-state index contributed by atoms with van der Waals surface area (Å²) in [7, 11) is 3.66. The zero-order valence-corrected chi connectivity index (χ0v) is 20.5. The number of fused-ring (bicyclic) bond motifs is 2. The summed E-state index contributed by atoms with van der Waals surface area (Å²) in [6.45, 7) is 0.264. The molecule has 0 radical (unpaired) electrons. The number of nitrogens with zero attached hydrogens (tertiary/aromatic N) is 6. The number of halogens is 1. The Hall–Kier alpha value is -5.03.